The minimum atomic E-state index is -3.40. The lowest BCUT2D eigenvalue weighted by atomic mass is 9.86. The summed E-state index contributed by atoms with van der Waals surface area (Å²) in [6.07, 6.45) is 2.28. The van der Waals surface area contributed by atoms with Gasteiger partial charge in [-0.15, -0.1) is 5.10 Å². The van der Waals surface area contributed by atoms with Crippen molar-refractivity contribution in [1.29, 1.82) is 0 Å². The highest BCUT2D eigenvalue weighted by Crippen LogP contribution is 2.26. The molecule has 1 aromatic rings. The lowest BCUT2D eigenvalue weighted by molar-refractivity contribution is -0.126. The molecule has 0 atom stereocenters. The highest BCUT2D eigenvalue weighted by Gasteiger charge is 2.34. The van der Waals surface area contributed by atoms with Crippen molar-refractivity contribution in [3.05, 3.63) is 10.6 Å². The maximum absolute atomic E-state index is 12.2. The van der Waals surface area contributed by atoms with Crippen LogP contribution in [0.2, 0.25) is 0 Å². The molecule has 1 aliphatic carbocycles. The molecule has 2 rings (SSSR count). The van der Waals surface area contributed by atoms with Crippen molar-refractivity contribution in [3.63, 3.8) is 0 Å². The zero-order chi connectivity index (χ0) is 19.5. The summed E-state index contributed by atoms with van der Waals surface area (Å²) in [5.41, 5.74) is 5.31. The molecule has 0 aromatic carbocycles. The second-order valence-electron chi connectivity index (χ2n) is 7.41. The SMILES string of the molecule is Cc1nnsc1C(=O)NNC(=O)C1CCC(NS(=O)(=O)C(C)(C)C)CC1. The minimum Gasteiger partial charge on any atom is -0.273 e. The summed E-state index contributed by atoms with van der Waals surface area (Å²) < 4.78 is 30.0. The molecule has 1 aliphatic rings. The number of carbonyl (C=O) groups is 2. The molecule has 1 fully saturated rings. The van der Waals surface area contributed by atoms with Gasteiger partial charge in [0.2, 0.25) is 15.9 Å². The normalized spacial score (nSPS) is 21.2. The molecule has 146 valence electrons. The molecule has 0 spiro atoms. The van der Waals surface area contributed by atoms with Gasteiger partial charge in [0.25, 0.3) is 5.91 Å². The Kier molecular flexibility index (Phi) is 6.35. The summed E-state index contributed by atoms with van der Waals surface area (Å²) in [7, 11) is -3.40. The van der Waals surface area contributed by atoms with Gasteiger partial charge in [-0.3, -0.25) is 20.4 Å². The summed E-state index contributed by atoms with van der Waals surface area (Å²) >= 11 is 0.963. The maximum atomic E-state index is 12.2. The molecule has 0 saturated heterocycles. The summed E-state index contributed by atoms with van der Waals surface area (Å²) in [4.78, 5) is 24.5. The summed E-state index contributed by atoms with van der Waals surface area (Å²) in [5, 5.41) is 3.75. The van der Waals surface area contributed by atoms with E-state index in [2.05, 4.69) is 25.2 Å². The van der Waals surface area contributed by atoms with Gasteiger partial charge in [-0.25, -0.2) is 13.1 Å². The Morgan fingerprint density at radius 2 is 1.73 bits per heavy atom. The fraction of sp³-hybridized carbons (Fsp3) is 0.733. The molecular weight excluding hydrogens is 378 g/mol. The number of hydrogen-bond acceptors (Lipinski definition) is 7. The zero-order valence-electron chi connectivity index (χ0n) is 15.3. The molecule has 3 N–H and O–H groups in total. The number of aromatic nitrogens is 2. The van der Waals surface area contributed by atoms with Crippen LogP contribution < -0.4 is 15.6 Å². The predicted octanol–water partition coefficient (Wildman–Crippen LogP) is 0.884. The molecule has 0 radical (unpaired) electrons. The summed E-state index contributed by atoms with van der Waals surface area (Å²) in [6, 6.07) is -0.163. The van der Waals surface area contributed by atoms with Crippen LogP contribution in [0.3, 0.4) is 0 Å². The molecule has 1 heterocycles. The first kappa shape index (κ1) is 20.7. The summed E-state index contributed by atoms with van der Waals surface area (Å²) in [6.45, 7) is 6.62. The third kappa shape index (κ3) is 4.98. The van der Waals surface area contributed by atoms with E-state index in [4.69, 9.17) is 0 Å². The Morgan fingerprint density at radius 1 is 1.12 bits per heavy atom. The van der Waals surface area contributed by atoms with Gasteiger partial charge in [0.05, 0.1) is 10.4 Å². The van der Waals surface area contributed by atoms with Crippen molar-refractivity contribution >= 4 is 33.4 Å². The number of rotatable bonds is 4. The number of nitrogens with zero attached hydrogens (tertiary/aromatic N) is 2. The van der Waals surface area contributed by atoms with E-state index in [0.29, 0.717) is 36.3 Å². The van der Waals surface area contributed by atoms with Crippen molar-refractivity contribution in [1.82, 2.24) is 25.2 Å². The van der Waals surface area contributed by atoms with Gasteiger partial charge in [-0.2, -0.15) is 0 Å². The maximum Gasteiger partial charge on any atom is 0.283 e. The Labute approximate surface area is 157 Å². The van der Waals surface area contributed by atoms with E-state index in [1.807, 2.05) is 0 Å². The lowest BCUT2D eigenvalue weighted by Gasteiger charge is -2.30. The van der Waals surface area contributed by atoms with Crippen LogP contribution in [-0.2, 0) is 14.8 Å². The van der Waals surface area contributed by atoms with Crippen LogP contribution in [0, 0.1) is 12.8 Å². The van der Waals surface area contributed by atoms with E-state index < -0.39 is 20.7 Å². The first-order valence-corrected chi connectivity index (χ1v) is 10.7. The fourth-order valence-corrected chi connectivity index (χ4v) is 4.17. The van der Waals surface area contributed by atoms with Crippen molar-refractivity contribution in [2.24, 2.45) is 5.92 Å². The van der Waals surface area contributed by atoms with Crippen molar-refractivity contribution in [3.8, 4) is 0 Å². The number of hydrazine groups is 1. The first-order valence-electron chi connectivity index (χ1n) is 8.42. The first-order chi connectivity index (χ1) is 12.0. The predicted molar refractivity (Wildman–Crippen MR) is 97.8 cm³/mol. The Morgan fingerprint density at radius 3 is 2.23 bits per heavy atom. The minimum absolute atomic E-state index is 0.163. The van der Waals surface area contributed by atoms with E-state index in [1.54, 1.807) is 27.7 Å². The van der Waals surface area contributed by atoms with Gasteiger partial charge < -0.3 is 0 Å². The zero-order valence-corrected chi connectivity index (χ0v) is 17.0. The molecule has 2 amide bonds. The Bertz CT molecular complexity index is 761. The van der Waals surface area contributed by atoms with Gasteiger partial charge >= 0.3 is 0 Å². The molecule has 1 aromatic heterocycles. The third-order valence-electron chi connectivity index (χ3n) is 4.38. The van der Waals surface area contributed by atoms with Crippen LogP contribution in [-0.4, -0.2) is 40.6 Å². The van der Waals surface area contributed by atoms with E-state index >= 15 is 0 Å². The van der Waals surface area contributed by atoms with E-state index in [1.165, 1.54) is 0 Å². The van der Waals surface area contributed by atoms with Crippen LogP contribution >= 0.6 is 11.5 Å². The topological polar surface area (TPSA) is 130 Å². The number of hydrogen-bond donors (Lipinski definition) is 3. The van der Waals surface area contributed by atoms with Gasteiger partial charge in [0, 0.05) is 12.0 Å². The van der Waals surface area contributed by atoms with E-state index in [0.717, 1.165) is 11.5 Å². The monoisotopic (exact) mass is 403 g/mol. The van der Waals surface area contributed by atoms with Crippen LogP contribution in [0.4, 0.5) is 0 Å². The number of amides is 2. The summed E-state index contributed by atoms with van der Waals surface area (Å²) in [5.74, 6) is -0.977. The molecule has 1 saturated carbocycles. The molecule has 9 nitrogen and oxygen atoms in total. The van der Waals surface area contributed by atoms with Gasteiger partial charge in [0.15, 0.2) is 0 Å². The van der Waals surface area contributed by atoms with Crippen LogP contribution in [0.15, 0.2) is 0 Å². The number of carbonyl (C=O) groups excluding carboxylic acids is 2. The fourth-order valence-electron chi connectivity index (χ4n) is 2.59. The molecule has 0 aliphatic heterocycles. The average molecular weight is 404 g/mol. The van der Waals surface area contributed by atoms with E-state index in [9.17, 15) is 18.0 Å². The lowest BCUT2D eigenvalue weighted by Crippen LogP contribution is -2.48. The van der Waals surface area contributed by atoms with E-state index in [-0.39, 0.29) is 17.9 Å². The largest absolute Gasteiger partial charge is 0.283 e. The Hall–Kier alpha value is -1.59. The highest BCUT2D eigenvalue weighted by molar-refractivity contribution is 7.90. The number of sulfonamides is 1. The highest BCUT2D eigenvalue weighted by atomic mass is 32.2. The quantitative estimate of drug-likeness (QED) is 0.640. The molecular formula is C15H25N5O4S2. The Balaban J connectivity index is 1.80. The van der Waals surface area contributed by atoms with Crippen LogP contribution in [0.1, 0.15) is 61.8 Å². The van der Waals surface area contributed by atoms with Crippen LogP contribution in [0.5, 0.6) is 0 Å². The second kappa shape index (κ2) is 7.97. The van der Waals surface area contributed by atoms with Gasteiger partial charge in [-0.1, -0.05) is 4.49 Å². The van der Waals surface area contributed by atoms with Gasteiger partial charge in [-0.05, 0) is 64.9 Å². The molecule has 26 heavy (non-hydrogen) atoms. The van der Waals surface area contributed by atoms with Crippen molar-refractivity contribution in [2.75, 3.05) is 0 Å². The smallest absolute Gasteiger partial charge is 0.273 e. The standard InChI is InChI=1S/C15H25N5O4S2/c1-9-12(25-20-16-9)14(22)18-17-13(21)10-5-7-11(8-6-10)19-26(23,24)15(2,3)4/h10-11,19H,5-8H2,1-4H3,(H,17,21)(H,18,22). The average Bonchev–Trinajstić information content (AvgIpc) is 2.97. The third-order valence-corrected chi connectivity index (χ3v) is 7.47. The van der Waals surface area contributed by atoms with Crippen molar-refractivity contribution < 1.29 is 18.0 Å². The molecule has 0 unspecified atom stereocenters. The number of aryl methyl sites for hydroxylation is 1. The van der Waals surface area contributed by atoms with Crippen LogP contribution in [0.25, 0.3) is 0 Å². The molecule has 0 bridgehead atoms. The van der Waals surface area contributed by atoms with Crippen molar-refractivity contribution in [2.45, 2.75) is 64.2 Å². The number of nitrogens with one attached hydrogen (secondary N) is 3. The molecule has 11 heteroatoms. The van der Waals surface area contributed by atoms with Gasteiger partial charge in [0.1, 0.15) is 4.88 Å². The second-order valence-corrected chi connectivity index (χ2v) is 10.6.